The van der Waals surface area contributed by atoms with E-state index in [1.54, 1.807) is 43.4 Å². The van der Waals surface area contributed by atoms with E-state index in [4.69, 9.17) is 17.0 Å². The van der Waals surface area contributed by atoms with Crippen LogP contribution in [0.15, 0.2) is 46.5 Å². The number of carbonyl (C=O) groups excluding carboxylic acids is 1. The van der Waals surface area contributed by atoms with E-state index in [1.807, 2.05) is 18.4 Å². The summed E-state index contributed by atoms with van der Waals surface area (Å²) >= 11 is 8.54. The minimum atomic E-state index is -0.235. The summed E-state index contributed by atoms with van der Waals surface area (Å²) in [6, 6.07) is 7.31. The van der Waals surface area contributed by atoms with Crippen molar-refractivity contribution in [2.75, 3.05) is 31.8 Å². The van der Waals surface area contributed by atoms with Crippen LogP contribution in [0.1, 0.15) is 24.2 Å². The van der Waals surface area contributed by atoms with E-state index in [0.29, 0.717) is 17.0 Å². The first-order chi connectivity index (χ1) is 13.0. The Morgan fingerprint density at radius 2 is 2.04 bits per heavy atom. The van der Waals surface area contributed by atoms with Crippen molar-refractivity contribution >= 4 is 51.7 Å². The SMILES string of the molecule is CCN(CC)C(=S)Sc1cnccc1NC(=O)c1ccc(SC)cc1OC. The molecule has 8 heteroatoms. The standard InChI is InChI=1S/C19H23N3O2S3/c1-5-22(6-2)19(25)27-17-12-20-10-9-15(17)21-18(23)14-8-7-13(26-4)11-16(14)24-3/h7-12H,5-6H2,1-4H3,(H,20,21,23). The lowest BCUT2D eigenvalue weighted by atomic mass is 10.2. The second kappa shape index (κ2) is 10.5. The molecule has 1 aromatic heterocycles. The van der Waals surface area contributed by atoms with Gasteiger partial charge < -0.3 is 15.0 Å². The second-order valence-corrected chi connectivity index (χ2v) is 7.99. The van der Waals surface area contributed by atoms with Crippen LogP contribution in [0.4, 0.5) is 5.69 Å². The average Bonchev–Trinajstić information content (AvgIpc) is 2.69. The molecule has 0 fully saturated rings. The van der Waals surface area contributed by atoms with Crippen molar-refractivity contribution in [1.82, 2.24) is 9.88 Å². The van der Waals surface area contributed by atoms with Gasteiger partial charge in [0.1, 0.15) is 10.1 Å². The number of carbonyl (C=O) groups is 1. The van der Waals surface area contributed by atoms with E-state index < -0.39 is 0 Å². The molecule has 1 N–H and O–H groups in total. The summed E-state index contributed by atoms with van der Waals surface area (Å²) in [5.41, 5.74) is 1.15. The lowest BCUT2D eigenvalue weighted by Gasteiger charge is -2.21. The molecule has 1 aromatic carbocycles. The zero-order valence-corrected chi connectivity index (χ0v) is 18.3. The third-order valence-corrected chi connectivity index (χ3v) is 6.12. The van der Waals surface area contributed by atoms with Crippen LogP contribution in [0.3, 0.4) is 0 Å². The van der Waals surface area contributed by atoms with Gasteiger partial charge in [0.05, 0.1) is 23.3 Å². The molecule has 0 aliphatic carbocycles. The van der Waals surface area contributed by atoms with Gasteiger partial charge in [0, 0.05) is 30.4 Å². The first-order valence-electron chi connectivity index (χ1n) is 8.48. The number of thiocarbonyl (C=S) groups is 1. The van der Waals surface area contributed by atoms with Gasteiger partial charge in [0.15, 0.2) is 0 Å². The molecule has 0 aliphatic rings. The minimum absolute atomic E-state index is 0.235. The number of pyridine rings is 1. The smallest absolute Gasteiger partial charge is 0.259 e. The van der Waals surface area contributed by atoms with Crippen molar-refractivity contribution < 1.29 is 9.53 Å². The molecule has 144 valence electrons. The van der Waals surface area contributed by atoms with Crippen LogP contribution in [0.2, 0.25) is 0 Å². The number of methoxy groups -OCH3 is 1. The summed E-state index contributed by atoms with van der Waals surface area (Å²) in [6.45, 7) is 5.80. The van der Waals surface area contributed by atoms with Gasteiger partial charge in [-0.15, -0.1) is 11.8 Å². The maximum absolute atomic E-state index is 12.8. The molecule has 0 radical (unpaired) electrons. The van der Waals surface area contributed by atoms with Crippen LogP contribution in [0.5, 0.6) is 5.75 Å². The Labute approximate surface area is 174 Å². The number of hydrogen-bond donors (Lipinski definition) is 1. The number of thioether (sulfide) groups is 2. The van der Waals surface area contributed by atoms with E-state index >= 15 is 0 Å². The molecule has 27 heavy (non-hydrogen) atoms. The molecule has 0 atom stereocenters. The van der Waals surface area contributed by atoms with Crippen LogP contribution < -0.4 is 10.1 Å². The normalized spacial score (nSPS) is 10.4. The van der Waals surface area contributed by atoms with Gasteiger partial charge in [-0.2, -0.15) is 0 Å². The lowest BCUT2D eigenvalue weighted by molar-refractivity contribution is 0.102. The van der Waals surface area contributed by atoms with E-state index in [9.17, 15) is 4.79 Å². The fraction of sp³-hybridized carbons (Fsp3) is 0.316. The zero-order chi connectivity index (χ0) is 19.8. The van der Waals surface area contributed by atoms with Crippen molar-refractivity contribution in [3.05, 3.63) is 42.2 Å². The van der Waals surface area contributed by atoms with E-state index in [2.05, 4.69) is 29.0 Å². The molecule has 0 saturated heterocycles. The quantitative estimate of drug-likeness (QED) is 0.510. The van der Waals surface area contributed by atoms with E-state index in [-0.39, 0.29) is 5.91 Å². The van der Waals surface area contributed by atoms with Crippen LogP contribution >= 0.6 is 35.7 Å². The molecule has 0 aliphatic heterocycles. The van der Waals surface area contributed by atoms with Crippen molar-refractivity contribution in [2.45, 2.75) is 23.6 Å². The van der Waals surface area contributed by atoms with Gasteiger partial charge >= 0.3 is 0 Å². The van der Waals surface area contributed by atoms with Gasteiger partial charge in [-0.05, 0) is 44.4 Å². The number of amides is 1. The van der Waals surface area contributed by atoms with Crippen LogP contribution in [-0.4, -0.2) is 46.6 Å². The summed E-state index contributed by atoms with van der Waals surface area (Å²) in [5, 5.41) is 2.95. The van der Waals surface area contributed by atoms with E-state index in [0.717, 1.165) is 27.2 Å². The molecule has 2 rings (SSSR count). The molecular weight excluding hydrogens is 398 g/mol. The van der Waals surface area contributed by atoms with Gasteiger partial charge in [-0.1, -0.05) is 24.0 Å². The molecule has 5 nitrogen and oxygen atoms in total. The highest BCUT2D eigenvalue weighted by atomic mass is 32.2. The summed E-state index contributed by atoms with van der Waals surface area (Å²) in [5.74, 6) is 0.308. The van der Waals surface area contributed by atoms with Gasteiger partial charge in [0.2, 0.25) is 0 Å². The van der Waals surface area contributed by atoms with Gasteiger partial charge in [-0.3, -0.25) is 9.78 Å². The maximum atomic E-state index is 12.8. The monoisotopic (exact) mass is 421 g/mol. The summed E-state index contributed by atoms with van der Waals surface area (Å²) in [6.07, 6.45) is 5.34. The Hall–Kier alpha value is -1.77. The first-order valence-corrected chi connectivity index (χ1v) is 10.9. The van der Waals surface area contributed by atoms with Crippen LogP contribution in [-0.2, 0) is 0 Å². The lowest BCUT2D eigenvalue weighted by Crippen LogP contribution is -2.26. The highest BCUT2D eigenvalue weighted by Gasteiger charge is 2.16. The molecule has 1 amide bonds. The van der Waals surface area contributed by atoms with Crippen molar-refractivity contribution in [1.29, 1.82) is 0 Å². The second-order valence-electron chi connectivity index (χ2n) is 5.43. The third kappa shape index (κ3) is 5.60. The van der Waals surface area contributed by atoms with Crippen LogP contribution in [0.25, 0.3) is 0 Å². The largest absolute Gasteiger partial charge is 0.496 e. The predicted molar refractivity (Wildman–Crippen MR) is 118 cm³/mol. The van der Waals surface area contributed by atoms with Crippen LogP contribution in [0, 0.1) is 0 Å². The molecule has 1 heterocycles. The number of ether oxygens (including phenoxy) is 1. The van der Waals surface area contributed by atoms with Gasteiger partial charge in [0.25, 0.3) is 5.91 Å². The Morgan fingerprint density at radius 1 is 1.30 bits per heavy atom. The average molecular weight is 422 g/mol. The molecule has 0 bridgehead atoms. The topological polar surface area (TPSA) is 54.5 Å². The summed E-state index contributed by atoms with van der Waals surface area (Å²) in [4.78, 5) is 20.9. The fourth-order valence-corrected chi connectivity index (χ4v) is 4.26. The number of aromatic nitrogens is 1. The highest BCUT2D eigenvalue weighted by Crippen LogP contribution is 2.30. The minimum Gasteiger partial charge on any atom is -0.496 e. The van der Waals surface area contributed by atoms with E-state index in [1.165, 1.54) is 11.8 Å². The number of hydrogen-bond acceptors (Lipinski definition) is 6. The molecule has 2 aromatic rings. The Morgan fingerprint density at radius 3 is 2.67 bits per heavy atom. The van der Waals surface area contributed by atoms with Gasteiger partial charge in [-0.25, -0.2) is 0 Å². The molecule has 0 unspecified atom stereocenters. The molecule has 0 spiro atoms. The van der Waals surface area contributed by atoms with Crippen molar-refractivity contribution in [3.63, 3.8) is 0 Å². The molecule has 0 saturated carbocycles. The highest BCUT2D eigenvalue weighted by molar-refractivity contribution is 8.23. The number of nitrogens with zero attached hydrogens (tertiary/aromatic N) is 2. The third-order valence-electron chi connectivity index (χ3n) is 3.90. The first kappa shape index (κ1) is 21.5. The Bertz CT molecular complexity index is 811. The number of nitrogens with one attached hydrogen (secondary N) is 1. The number of anilines is 1. The van der Waals surface area contributed by atoms with Crippen molar-refractivity contribution in [2.24, 2.45) is 0 Å². The number of rotatable bonds is 7. The summed E-state index contributed by atoms with van der Waals surface area (Å²) in [7, 11) is 1.56. The Balaban J connectivity index is 2.23. The Kier molecular flexibility index (Phi) is 8.40. The maximum Gasteiger partial charge on any atom is 0.259 e. The summed E-state index contributed by atoms with van der Waals surface area (Å²) < 4.78 is 6.14. The van der Waals surface area contributed by atoms with Crippen molar-refractivity contribution in [3.8, 4) is 5.75 Å². The fourth-order valence-electron chi connectivity index (χ4n) is 2.38. The molecular formula is C19H23N3O2S3. The predicted octanol–water partition coefficient (Wildman–Crippen LogP) is 4.78. The number of benzene rings is 1. The zero-order valence-electron chi connectivity index (χ0n) is 15.8.